The van der Waals surface area contributed by atoms with E-state index < -0.39 is 24.7 Å². The summed E-state index contributed by atoms with van der Waals surface area (Å²) in [6.45, 7) is 9.11. The Hall–Kier alpha value is -1.06. The first-order chi connectivity index (χ1) is 11.4. The van der Waals surface area contributed by atoms with Crippen molar-refractivity contribution < 1.29 is 17.1 Å². The minimum absolute atomic E-state index is 0.0772. The van der Waals surface area contributed by atoms with E-state index in [-0.39, 0.29) is 24.8 Å². The summed E-state index contributed by atoms with van der Waals surface area (Å²) in [5.74, 6) is -0.0382. The quantitative estimate of drug-likeness (QED) is 0.624. The van der Waals surface area contributed by atoms with Gasteiger partial charge in [0.15, 0.2) is 5.78 Å². The Morgan fingerprint density at radius 3 is 2.24 bits per heavy atom. The van der Waals surface area contributed by atoms with Crippen molar-refractivity contribution in [1.82, 2.24) is 4.31 Å². The van der Waals surface area contributed by atoms with Crippen molar-refractivity contribution in [1.29, 1.82) is 0 Å². The number of carbonyl (C=O) groups excluding carboxylic acids is 1. The molecule has 0 bridgehead atoms. The molecule has 1 atom stereocenters. The second kappa shape index (κ2) is 9.04. The van der Waals surface area contributed by atoms with E-state index in [2.05, 4.69) is 0 Å². The monoisotopic (exact) mass is 386 g/mol. The Kier molecular flexibility index (Phi) is 7.95. The van der Waals surface area contributed by atoms with Crippen LogP contribution in [0.25, 0.3) is 0 Å². The van der Waals surface area contributed by atoms with Crippen molar-refractivity contribution in [2.45, 2.75) is 52.5 Å². The summed E-state index contributed by atoms with van der Waals surface area (Å²) in [5, 5.41) is 0. The number of carbonyl (C=O) groups is 1. The summed E-state index contributed by atoms with van der Waals surface area (Å²) in [6, 6.07) is 8.45. The van der Waals surface area contributed by atoms with E-state index in [0.29, 0.717) is 6.42 Å². The number of rotatable bonds is 10. The number of nitrogens with zero attached hydrogens (tertiary/aromatic N) is 1. The van der Waals surface area contributed by atoms with Gasteiger partial charge in [-0.1, -0.05) is 44.2 Å². The molecule has 25 heavy (non-hydrogen) atoms. The largest absolute Gasteiger partial charge is 0.329 e. The molecule has 142 valence electrons. The van der Waals surface area contributed by atoms with Crippen LogP contribution in [-0.2, 0) is 25.5 Å². The number of nitrogens with two attached hydrogens (primary N) is 1. The Bertz CT molecular complexity index is 657. The average molecular weight is 387 g/mol. The molecule has 0 saturated heterocycles. The molecule has 2 N–H and O–H groups in total. The van der Waals surface area contributed by atoms with Gasteiger partial charge in [-0.3, -0.25) is 4.79 Å². The number of hydrogen-bond donors (Lipinski definition) is 1. The molecule has 0 aliphatic carbocycles. The molecule has 6 nitrogen and oxygen atoms in total. The molecule has 0 aromatic heterocycles. The molecular weight excluding hydrogens is 356 g/mol. The Morgan fingerprint density at radius 2 is 1.76 bits per heavy atom. The van der Waals surface area contributed by atoms with Gasteiger partial charge in [0.25, 0.3) is 0 Å². The molecular formula is C17H30N2O4SSi. The van der Waals surface area contributed by atoms with Gasteiger partial charge in [0.05, 0.1) is 12.6 Å². The fourth-order valence-corrected chi connectivity index (χ4v) is 5.84. The Morgan fingerprint density at radius 1 is 1.20 bits per heavy atom. The van der Waals surface area contributed by atoms with Crippen molar-refractivity contribution >= 4 is 24.4 Å². The SMILES string of the molecule is CC(C)C[C@H](N)C(=O)CN(Cc1ccccc1)S(=O)(=O)O[Si](C)(C)C. The van der Waals surface area contributed by atoms with Crippen LogP contribution in [0.15, 0.2) is 30.3 Å². The highest BCUT2D eigenvalue weighted by atomic mass is 32.2. The number of benzene rings is 1. The maximum atomic E-state index is 12.7. The predicted octanol–water partition coefficient (Wildman–Crippen LogP) is 2.53. The van der Waals surface area contributed by atoms with Gasteiger partial charge in [0.2, 0.25) is 8.32 Å². The topological polar surface area (TPSA) is 89.7 Å². The van der Waals surface area contributed by atoms with Gasteiger partial charge >= 0.3 is 10.3 Å². The standard InChI is InChI=1S/C17H30N2O4SSi/c1-14(2)11-16(18)17(20)13-19(12-15-9-7-6-8-10-15)24(21,22)23-25(3,4)5/h6-10,14,16H,11-13,18H2,1-5H3/t16-/m0/s1. The predicted molar refractivity (Wildman–Crippen MR) is 103 cm³/mol. The van der Waals surface area contributed by atoms with Crippen molar-refractivity contribution in [2.24, 2.45) is 11.7 Å². The average Bonchev–Trinajstić information content (AvgIpc) is 2.44. The first kappa shape index (κ1) is 22.0. The highest BCUT2D eigenvalue weighted by molar-refractivity contribution is 7.85. The molecule has 0 radical (unpaired) electrons. The summed E-state index contributed by atoms with van der Waals surface area (Å²) < 4.78 is 31.8. The molecule has 1 aromatic carbocycles. The first-order valence-electron chi connectivity index (χ1n) is 8.43. The highest BCUT2D eigenvalue weighted by Crippen LogP contribution is 2.17. The molecule has 8 heteroatoms. The van der Waals surface area contributed by atoms with Crippen LogP contribution < -0.4 is 5.73 Å². The molecule has 0 fully saturated rings. The van der Waals surface area contributed by atoms with Gasteiger partial charge in [-0.05, 0) is 37.5 Å². The van der Waals surface area contributed by atoms with Gasteiger partial charge in [0.1, 0.15) is 0 Å². The Balaban J connectivity index is 3.01. The Labute approximate surface area is 152 Å². The van der Waals surface area contributed by atoms with Crippen LogP contribution in [0.3, 0.4) is 0 Å². The van der Waals surface area contributed by atoms with Crippen LogP contribution in [0.1, 0.15) is 25.8 Å². The number of hydrogen-bond acceptors (Lipinski definition) is 5. The lowest BCUT2D eigenvalue weighted by Crippen LogP contribution is -2.45. The van der Waals surface area contributed by atoms with E-state index in [0.717, 1.165) is 9.87 Å². The van der Waals surface area contributed by atoms with E-state index in [1.165, 1.54) is 0 Å². The summed E-state index contributed by atoms with van der Waals surface area (Å²) in [4.78, 5) is 12.4. The summed E-state index contributed by atoms with van der Waals surface area (Å²) in [5.41, 5.74) is 6.71. The smallest absolute Gasteiger partial charge is 0.321 e. The van der Waals surface area contributed by atoms with Crippen molar-refractivity contribution in [3.8, 4) is 0 Å². The lowest BCUT2D eigenvalue weighted by atomic mass is 10.0. The van der Waals surface area contributed by atoms with Crippen molar-refractivity contribution in [3.05, 3.63) is 35.9 Å². The second-order valence-electron chi connectivity index (χ2n) is 7.61. The third-order valence-corrected chi connectivity index (χ3v) is 7.08. The van der Waals surface area contributed by atoms with Crippen LogP contribution in [0, 0.1) is 5.92 Å². The fraction of sp³-hybridized carbons (Fsp3) is 0.588. The second-order valence-corrected chi connectivity index (χ2v) is 13.9. The van der Waals surface area contributed by atoms with Crippen LogP contribution in [-0.4, -0.2) is 39.4 Å². The zero-order chi connectivity index (χ0) is 19.3. The van der Waals surface area contributed by atoms with E-state index in [1.807, 2.05) is 44.2 Å². The zero-order valence-corrected chi connectivity index (χ0v) is 17.5. The fourth-order valence-electron chi connectivity index (χ4n) is 2.30. The minimum Gasteiger partial charge on any atom is -0.321 e. The molecule has 0 aliphatic rings. The highest BCUT2D eigenvalue weighted by Gasteiger charge is 2.32. The maximum absolute atomic E-state index is 12.7. The molecule has 0 saturated carbocycles. The van der Waals surface area contributed by atoms with Crippen molar-refractivity contribution in [3.63, 3.8) is 0 Å². The number of ketones is 1. The van der Waals surface area contributed by atoms with Crippen molar-refractivity contribution in [2.75, 3.05) is 6.54 Å². The van der Waals surface area contributed by atoms with Gasteiger partial charge < -0.3 is 9.61 Å². The molecule has 0 amide bonds. The van der Waals surface area contributed by atoms with E-state index in [1.54, 1.807) is 19.6 Å². The van der Waals surface area contributed by atoms with E-state index >= 15 is 0 Å². The first-order valence-corrected chi connectivity index (χ1v) is 13.2. The minimum atomic E-state index is -4.02. The summed E-state index contributed by atoms with van der Waals surface area (Å²) >= 11 is 0. The van der Waals surface area contributed by atoms with Crippen LogP contribution in [0.2, 0.25) is 19.6 Å². The van der Waals surface area contributed by atoms with Crippen LogP contribution in [0.4, 0.5) is 0 Å². The third-order valence-electron chi connectivity index (χ3n) is 3.34. The van der Waals surface area contributed by atoms with E-state index in [9.17, 15) is 13.2 Å². The van der Waals surface area contributed by atoms with E-state index in [4.69, 9.17) is 9.61 Å². The lowest BCUT2D eigenvalue weighted by Gasteiger charge is -2.26. The molecule has 0 unspecified atom stereocenters. The number of Topliss-reactive ketones (excluding diaryl/α,β-unsaturated/α-hetero) is 1. The lowest BCUT2D eigenvalue weighted by molar-refractivity contribution is -0.121. The van der Waals surface area contributed by atoms with Gasteiger partial charge in [0, 0.05) is 6.54 Å². The van der Waals surface area contributed by atoms with Gasteiger partial charge in [-0.15, -0.1) is 0 Å². The van der Waals surface area contributed by atoms with Crippen LogP contribution in [0.5, 0.6) is 0 Å². The molecule has 0 aliphatic heterocycles. The van der Waals surface area contributed by atoms with Gasteiger partial charge in [-0.25, -0.2) is 0 Å². The third kappa shape index (κ3) is 8.24. The maximum Gasteiger partial charge on any atom is 0.329 e. The molecule has 1 rings (SSSR count). The normalized spacial score (nSPS) is 14.1. The summed E-state index contributed by atoms with van der Waals surface area (Å²) in [6.07, 6.45) is 0.521. The molecule has 0 heterocycles. The molecule has 0 spiro atoms. The molecule has 1 aromatic rings. The van der Waals surface area contributed by atoms with Crippen LogP contribution >= 0.6 is 0 Å². The zero-order valence-electron chi connectivity index (χ0n) is 15.7. The summed E-state index contributed by atoms with van der Waals surface area (Å²) in [7, 11) is -6.37. The van der Waals surface area contributed by atoms with Gasteiger partial charge in [-0.2, -0.15) is 12.7 Å².